The highest BCUT2D eigenvalue weighted by Gasteiger charge is 2.19. The topological polar surface area (TPSA) is 24.9 Å². The van der Waals surface area contributed by atoms with E-state index in [1.807, 2.05) is 18.3 Å². The standard InChI is InChI=1S/C21H14N2/c1-2-6-14(7-3-1)15-12-17-16-8-4-5-9-18(16)23-19-10-11-22-20(13-15)21(17)19/h1-13,23H. The number of hydrogen-bond acceptors (Lipinski definition) is 2. The van der Waals surface area contributed by atoms with Gasteiger partial charge in [-0.1, -0.05) is 48.5 Å². The lowest BCUT2D eigenvalue weighted by Gasteiger charge is -2.22. The van der Waals surface area contributed by atoms with E-state index in [0.717, 1.165) is 16.9 Å². The van der Waals surface area contributed by atoms with Gasteiger partial charge in [0.15, 0.2) is 0 Å². The molecule has 0 saturated carbocycles. The van der Waals surface area contributed by atoms with E-state index >= 15 is 0 Å². The fraction of sp³-hybridized carbons (Fsp3) is 0. The molecule has 0 radical (unpaired) electrons. The van der Waals surface area contributed by atoms with E-state index in [9.17, 15) is 0 Å². The number of nitrogens with zero attached hydrogens (tertiary/aromatic N) is 1. The van der Waals surface area contributed by atoms with Gasteiger partial charge < -0.3 is 5.32 Å². The maximum Gasteiger partial charge on any atom is 0.0735 e. The largest absolute Gasteiger partial charge is 0.354 e. The van der Waals surface area contributed by atoms with Crippen LogP contribution in [0.4, 0.5) is 11.4 Å². The Labute approximate surface area is 134 Å². The first-order valence-corrected chi connectivity index (χ1v) is 7.75. The normalized spacial score (nSPS) is 11.8. The molecule has 2 nitrogen and oxygen atoms in total. The molecule has 1 aliphatic rings. The fourth-order valence-corrected chi connectivity index (χ4v) is 3.37. The van der Waals surface area contributed by atoms with E-state index in [0.29, 0.717) is 0 Å². The number of aromatic nitrogens is 1. The summed E-state index contributed by atoms with van der Waals surface area (Å²) in [6.45, 7) is 0. The number of rotatable bonds is 1. The molecule has 2 heterocycles. The Bertz CT molecular complexity index is 1040. The summed E-state index contributed by atoms with van der Waals surface area (Å²) in [5.41, 5.74) is 8.21. The van der Waals surface area contributed by atoms with Crippen LogP contribution in [-0.2, 0) is 0 Å². The SMILES string of the molecule is c1ccc(-c2cc3c4c(ccnc4c2)Nc2ccccc2-3)cc1. The molecule has 0 bridgehead atoms. The molecule has 3 aromatic carbocycles. The molecular weight excluding hydrogens is 280 g/mol. The van der Waals surface area contributed by atoms with Gasteiger partial charge in [-0.25, -0.2) is 0 Å². The quantitative estimate of drug-likeness (QED) is 0.433. The number of nitrogens with one attached hydrogen (secondary N) is 1. The van der Waals surface area contributed by atoms with Crippen molar-refractivity contribution in [1.82, 2.24) is 4.98 Å². The Morgan fingerprint density at radius 3 is 2.39 bits per heavy atom. The maximum absolute atomic E-state index is 4.60. The second kappa shape index (κ2) is 4.68. The summed E-state index contributed by atoms with van der Waals surface area (Å²) in [6, 6.07) is 25.4. The van der Waals surface area contributed by atoms with Crippen LogP contribution in [0.2, 0.25) is 0 Å². The number of benzene rings is 3. The Hall–Kier alpha value is -3.13. The van der Waals surface area contributed by atoms with Gasteiger partial charge in [0.25, 0.3) is 0 Å². The van der Waals surface area contributed by atoms with Crippen molar-refractivity contribution >= 4 is 22.3 Å². The average Bonchev–Trinajstić information content (AvgIpc) is 2.62. The minimum absolute atomic E-state index is 1.03. The third-order valence-corrected chi connectivity index (χ3v) is 4.44. The van der Waals surface area contributed by atoms with Crippen LogP contribution >= 0.6 is 0 Å². The zero-order chi connectivity index (χ0) is 15.2. The minimum atomic E-state index is 1.03. The number of hydrogen-bond donors (Lipinski definition) is 1. The third-order valence-electron chi connectivity index (χ3n) is 4.44. The zero-order valence-corrected chi connectivity index (χ0v) is 12.5. The summed E-state index contributed by atoms with van der Waals surface area (Å²) in [6.07, 6.45) is 1.87. The van der Waals surface area contributed by atoms with Crippen LogP contribution in [0.3, 0.4) is 0 Å². The molecule has 0 spiro atoms. The van der Waals surface area contributed by atoms with Gasteiger partial charge in [-0.05, 0) is 41.0 Å². The lowest BCUT2D eigenvalue weighted by Crippen LogP contribution is -2.01. The third kappa shape index (κ3) is 1.85. The molecule has 0 atom stereocenters. The van der Waals surface area contributed by atoms with Crippen LogP contribution in [-0.4, -0.2) is 4.98 Å². The molecule has 1 aliphatic heterocycles. The van der Waals surface area contributed by atoms with Gasteiger partial charge in [0, 0.05) is 22.8 Å². The highest BCUT2D eigenvalue weighted by Crippen LogP contribution is 2.44. The molecule has 0 unspecified atom stereocenters. The molecular formula is C21H14N2. The van der Waals surface area contributed by atoms with Gasteiger partial charge >= 0.3 is 0 Å². The number of fused-ring (bicyclic) bond motifs is 2. The van der Waals surface area contributed by atoms with Crippen molar-refractivity contribution in [2.75, 3.05) is 5.32 Å². The maximum atomic E-state index is 4.60. The molecule has 0 fully saturated rings. The van der Waals surface area contributed by atoms with Crippen LogP contribution in [0.1, 0.15) is 0 Å². The van der Waals surface area contributed by atoms with E-state index in [-0.39, 0.29) is 0 Å². The first-order chi connectivity index (χ1) is 11.4. The molecule has 4 aromatic rings. The zero-order valence-electron chi connectivity index (χ0n) is 12.5. The summed E-state index contributed by atoms with van der Waals surface area (Å²) in [7, 11) is 0. The van der Waals surface area contributed by atoms with E-state index in [1.54, 1.807) is 0 Å². The van der Waals surface area contributed by atoms with Crippen LogP contribution in [0.15, 0.2) is 79.0 Å². The Balaban J connectivity index is 1.89. The van der Waals surface area contributed by atoms with Crippen molar-refractivity contribution in [1.29, 1.82) is 0 Å². The predicted octanol–water partition coefficient (Wildman–Crippen LogP) is 5.63. The van der Waals surface area contributed by atoms with Crippen molar-refractivity contribution < 1.29 is 0 Å². The average molecular weight is 294 g/mol. The lowest BCUT2D eigenvalue weighted by atomic mass is 9.91. The first-order valence-electron chi connectivity index (χ1n) is 7.75. The Morgan fingerprint density at radius 1 is 0.652 bits per heavy atom. The number of anilines is 2. The van der Waals surface area contributed by atoms with Crippen LogP contribution < -0.4 is 5.32 Å². The van der Waals surface area contributed by atoms with E-state index in [1.165, 1.54) is 27.6 Å². The van der Waals surface area contributed by atoms with E-state index in [4.69, 9.17) is 0 Å². The van der Waals surface area contributed by atoms with Crippen LogP contribution in [0, 0.1) is 0 Å². The molecule has 0 amide bonds. The smallest absolute Gasteiger partial charge is 0.0735 e. The van der Waals surface area contributed by atoms with Crippen LogP contribution in [0.5, 0.6) is 0 Å². The summed E-state index contributed by atoms with van der Waals surface area (Å²) in [5, 5.41) is 4.72. The Kier molecular flexibility index (Phi) is 2.53. The van der Waals surface area contributed by atoms with Gasteiger partial charge in [-0.2, -0.15) is 0 Å². The molecule has 1 N–H and O–H groups in total. The highest BCUT2D eigenvalue weighted by atomic mass is 14.9. The summed E-state index contributed by atoms with van der Waals surface area (Å²) in [5.74, 6) is 0. The summed E-state index contributed by atoms with van der Waals surface area (Å²) in [4.78, 5) is 4.60. The number of pyridine rings is 1. The summed E-state index contributed by atoms with van der Waals surface area (Å²) >= 11 is 0. The van der Waals surface area contributed by atoms with E-state index in [2.05, 4.69) is 71.0 Å². The predicted molar refractivity (Wildman–Crippen MR) is 95.9 cm³/mol. The van der Waals surface area contributed by atoms with Crippen molar-refractivity contribution in [3.63, 3.8) is 0 Å². The molecule has 0 saturated heterocycles. The van der Waals surface area contributed by atoms with Gasteiger partial charge in [-0.15, -0.1) is 0 Å². The first kappa shape index (κ1) is 12.4. The molecule has 0 aliphatic carbocycles. The summed E-state index contributed by atoms with van der Waals surface area (Å²) < 4.78 is 0. The molecule has 108 valence electrons. The molecule has 2 heteroatoms. The fourth-order valence-electron chi connectivity index (χ4n) is 3.37. The van der Waals surface area contributed by atoms with Gasteiger partial charge in [0.1, 0.15) is 0 Å². The minimum Gasteiger partial charge on any atom is -0.354 e. The highest BCUT2D eigenvalue weighted by molar-refractivity contribution is 6.11. The van der Waals surface area contributed by atoms with Crippen molar-refractivity contribution in [3.05, 3.63) is 79.0 Å². The van der Waals surface area contributed by atoms with Gasteiger partial charge in [-0.3, -0.25) is 4.98 Å². The second-order valence-electron chi connectivity index (χ2n) is 5.81. The van der Waals surface area contributed by atoms with Gasteiger partial charge in [0.2, 0.25) is 0 Å². The Morgan fingerprint density at radius 2 is 1.48 bits per heavy atom. The van der Waals surface area contributed by atoms with Crippen molar-refractivity contribution in [2.45, 2.75) is 0 Å². The van der Waals surface area contributed by atoms with Crippen molar-refractivity contribution in [3.8, 4) is 22.3 Å². The van der Waals surface area contributed by atoms with E-state index < -0.39 is 0 Å². The van der Waals surface area contributed by atoms with Crippen molar-refractivity contribution in [2.24, 2.45) is 0 Å². The number of para-hydroxylation sites is 1. The monoisotopic (exact) mass is 294 g/mol. The lowest BCUT2D eigenvalue weighted by molar-refractivity contribution is 1.39. The molecule has 23 heavy (non-hydrogen) atoms. The molecule has 1 aromatic heterocycles. The van der Waals surface area contributed by atoms with Gasteiger partial charge in [0.05, 0.1) is 11.2 Å². The second-order valence-corrected chi connectivity index (χ2v) is 5.81. The van der Waals surface area contributed by atoms with Crippen LogP contribution in [0.25, 0.3) is 33.2 Å². The molecule has 5 rings (SSSR count).